The van der Waals surface area contributed by atoms with Crippen LogP contribution in [0.2, 0.25) is 0 Å². The number of carbonyl (C=O) groups is 1. The van der Waals surface area contributed by atoms with Gasteiger partial charge in [-0.15, -0.1) is 0 Å². The molecule has 3 rings (SSSR count). The van der Waals surface area contributed by atoms with Gasteiger partial charge in [-0.1, -0.05) is 389 Å². The Labute approximate surface area is 687 Å². The number of amides is 1. The van der Waals surface area contributed by atoms with Crippen LogP contribution >= 0.6 is 0 Å². The first kappa shape index (κ1) is 104. The van der Waals surface area contributed by atoms with Crippen molar-refractivity contribution < 1.29 is 89.4 Å². The van der Waals surface area contributed by atoms with Crippen molar-refractivity contribution in [2.75, 3.05) is 26.4 Å². The van der Waals surface area contributed by atoms with Crippen LogP contribution in [-0.2, 0) is 33.2 Å². The summed E-state index contributed by atoms with van der Waals surface area (Å²) in [5.41, 5.74) is 0. The SMILES string of the molecule is CC/C=C\C/C=C\C/C=C\C/C=C\C/C=C\C/C=C\CCCCCCCCCCCCCCCCCCCCCCCCC(=O)NC(COC1OC(CO)C(OC2OC(CO)C(OC3OC(CO)C(O)C(O)C3O)C(O)C2O)C(O)C1O)C(O)CCCCCCCCCCCCCCCCCCCCCCCCCCCCC. The Hall–Kier alpha value is -2.77. The van der Waals surface area contributed by atoms with E-state index in [-0.39, 0.29) is 18.9 Å². The van der Waals surface area contributed by atoms with Gasteiger partial charge in [-0.25, -0.2) is 0 Å². The molecule has 3 saturated heterocycles. The summed E-state index contributed by atoms with van der Waals surface area (Å²) in [6.45, 7) is 1.75. The van der Waals surface area contributed by atoms with Crippen molar-refractivity contribution in [2.45, 2.75) is 491 Å². The highest BCUT2D eigenvalue weighted by Gasteiger charge is 2.54. The van der Waals surface area contributed by atoms with Crippen LogP contribution in [0.15, 0.2) is 72.9 Å². The molecule has 17 unspecified atom stereocenters. The summed E-state index contributed by atoms with van der Waals surface area (Å²) in [6.07, 6.45) is 71.6. The molecule has 17 atom stereocenters. The molecule has 3 aliphatic heterocycles. The van der Waals surface area contributed by atoms with E-state index >= 15 is 0 Å². The summed E-state index contributed by atoms with van der Waals surface area (Å²) in [4.78, 5) is 13.6. The van der Waals surface area contributed by atoms with Gasteiger partial charge in [0.1, 0.15) is 73.2 Å². The Morgan fingerprint density at radius 2 is 0.611 bits per heavy atom. The highest BCUT2D eigenvalue weighted by molar-refractivity contribution is 5.76. The van der Waals surface area contributed by atoms with E-state index in [1.165, 1.54) is 270 Å². The second-order valence-electron chi connectivity index (χ2n) is 33.1. The van der Waals surface area contributed by atoms with Crippen LogP contribution in [0.3, 0.4) is 0 Å². The summed E-state index contributed by atoms with van der Waals surface area (Å²) >= 11 is 0. The standard InChI is InChI=1S/C94H171NO18/c1-3-5-7-9-11-13-15-17-19-21-23-25-27-29-31-32-33-34-35-36-37-38-39-40-41-42-43-44-46-48-50-52-54-56-58-60-62-64-66-68-70-72-82(100)95-77(78(99)71-69-67-65-63-61-59-57-55-53-51-49-47-45-30-28-26-24-22-20-18-16-14-12-10-8-6-4-2)76-108-92-88(106)85(103)90(80(74-97)110-92)113-94-89(107)86(104)91(81(75-98)111-94)112-93-87(105)84(102)83(101)79(73-96)109-93/h5,7,11,13,17,19,23,25,29,31,33-34,77-81,83-94,96-99,101-107H,3-4,6,8-10,12,14-16,18,20-22,24,26-28,30,32,35-76H2,1-2H3,(H,95,100)/b7-5-,13-11-,19-17-,25-23-,31-29-,34-33-. The fraction of sp³-hybridized carbons (Fsp3) is 0.862. The van der Waals surface area contributed by atoms with E-state index in [1.807, 2.05) is 0 Å². The topological polar surface area (TPSA) is 307 Å². The number of nitrogens with one attached hydrogen (secondary N) is 1. The zero-order valence-corrected chi connectivity index (χ0v) is 71.4. The third-order valence-corrected chi connectivity index (χ3v) is 23.0. The molecule has 3 fully saturated rings. The molecule has 0 aromatic heterocycles. The monoisotopic (exact) mass is 1600 g/mol. The maximum Gasteiger partial charge on any atom is 0.220 e. The van der Waals surface area contributed by atoms with Gasteiger partial charge in [-0.3, -0.25) is 4.79 Å². The van der Waals surface area contributed by atoms with E-state index in [0.29, 0.717) is 12.8 Å². The number of aliphatic hydroxyl groups is 11. The molecule has 0 radical (unpaired) electrons. The van der Waals surface area contributed by atoms with E-state index in [9.17, 15) is 61.0 Å². The van der Waals surface area contributed by atoms with Crippen LogP contribution < -0.4 is 5.32 Å². The van der Waals surface area contributed by atoms with Crippen molar-refractivity contribution in [3.63, 3.8) is 0 Å². The molecule has 113 heavy (non-hydrogen) atoms. The number of hydrogen-bond donors (Lipinski definition) is 12. The van der Waals surface area contributed by atoms with Gasteiger partial charge in [0.25, 0.3) is 0 Å². The van der Waals surface area contributed by atoms with Crippen molar-refractivity contribution in [3.8, 4) is 0 Å². The molecule has 19 heteroatoms. The van der Waals surface area contributed by atoms with E-state index in [4.69, 9.17) is 28.4 Å². The number of unbranched alkanes of at least 4 members (excludes halogenated alkanes) is 48. The first-order valence-electron chi connectivity index (χ1n) is 46.7. The lowest BCUT2D eigenvalue weighted by molar-refractivity contribution is -0.379. The molecule has 19 nitrogen and oxygen atoms in total. The summed E-state index contributed by atoms with van der Waals surface area (Å²) in [5, 5.41) is 121. The Bertz CT molecular complexity index is 2320. The molecule has 12 N–H and O–H groups in total. The number of carbonyl (C=O) groups excluding carboxylic acids is 1. The molecule has 3 heterocycles. The Morgan fingerprint density at radius 1 is 0.327 bits per heavy atom. The molecule has 0 spiro atoms. The summed E-state index contributed by atoms with van der Waals surface area (Å²) in [6, 6.07) is -0.890. The molecule has 1 amide bonds. The third-order valence-electron chi connectivity index (χ3n) is 23.0. The number of rotatable bonds is 76. The lowest BCUT2D eigenvalue weighted by atomic mass is 9.96. The number of aliphatic hydroxyl groups excluding tert-OH is 11. The van der Waals surface area contributed by atoms with Gasteiger partial charge in [-0.2, -0.15) is 0 Å². The normalized spacial score (nSPS) is 25.1. The molecular formula is C94H171NO18. The van der Waals surface area contributed by atoms with Crippen LogP contribution in [0, 0.1) is 0 Å². The average molecular weight is 1600 g/mol. The van der Waals surface area contributed by atoms with Crippen LogP contribution in [-0.4, -0.2) is 193 Å². The zero-order chi connectivity index (χ0) is 81.7. The minimum absolute atomic E-state index is 0.235. The summed E-state index contributed by atoms with van der Waals surface area (Å²) < 4.78 is 34.6. The predicted molar refractivity (Wildman–Crippen MR) is 457 cm³/mol. The van der Waals surface area contributed by atoms with Gasteiger partial charge in [0, 0.05) is 6.42 Å². The van der Waals surface area contributed by atoms with E-state index in [1.54, 1.807) is 0 Å². The predicted octanol–water partition coefficient (Wildman–Crippen LogP) is 18.3. The molecule has 0 saturated carbocycles. The average Bonchev–Trinajstić information content (AvgIpc) is 0.777. The van der Waals surface area contributed by atoms with Gasteiger partial charge in [0.2, 0.25) is 5.91 Å². The Kier molecular flexibility index (Phi) is 67.6. The van der Waals surface area contributed by atoms with E-state index < -0.39 is 124 Å². The fourth-order valence-electron chi connectivity index (χ4n) is 15.7. The number of ether oxygens (including phenoxy) is 6. The lowest BCUT2D eigenvalue weighted by Crippen LogP contribution is -2.66. The van der Waals surface area contributed by atoms with Gasteiger partial charge in [0.15, 0.2) is 18.9 Å². The number of hydrogen-bond acceptors (Lipinski definition) is 18. The largest absolute Gasteiger partial charge is 0.394 e. The molecule has 0 aromatic rings. The van der Waals surface area contributed by atoms with Gasteiger partial charge in [-0.05, 0) is 64.2 Å². The minimum atomic E-state index is -1.97. The maximum atomic E-state index is 13.6. The highest BCUT2D eigenvalue weighted by Crippen LogP contribution is 2.34. The quantitative estimate of drug-likeness (QED) is 0.0199. The van der Waals surface area contributed by atoms with E-state index in [0.717, 1.165) is 83.5 Å². The summed E-state index contributed by atoms with van der Waals surface area (Å²) in [7, 11) is 0. The van der Waals surface area contributed by atoms with Crippen LogP contribution in [0.1, 0.15) is 386 Å². The smallest absolute Gasteiger partial charge is 0.220 e. The highest BCUT2D eigenvalue weighted by atomic mass is 16.8. The summed E-state index contributed by atoms with van der Waals surface area (Å²) in [5.74, 6) is -0.235. The van der Waals surface area contributed by atoms with Gasteiger partial charge in [0.05, 0.1) is 38.6 Å². The molecule has 0 bridgehead atoms. The first-order valence-corrected chi connectivity index (χ1v) is 46.7. The molecule has 0 aliphatic carbocycles. The second kappa shape index (κ2) is 73.2. The van der Waals surface area contributed by atoms with Crippen LogP contribution in [0.4, 0.5) is 0 Å². The molecular weight excluding hydrogens is 1430 g/mol. The second-order valence-corrected chi connectivity index (χ2v) is 33.1. The lowest BCUT2D eigenvalue weighted by Gasteiger charge is -2.48. The fourth-order valence-corrected chi connectivity index (χ4v) is 15.7. The van der Waals surface area contributed by atoms with Crippen molar-refractivity contribution in [1.82, 2.24) is 5.32 Å². The Morgan fingerprint density at radius 3 is 0.956 bits per heavy atom. The van der Waals surface area contributed by atoms with E-state index in [2.05, 4.69) is 92.1 Å². The molecule has 0 aromatic carbocycles. The maximum absolute atomic E-state index is 13.6. The van der Waals surface area contributed by atoms with Crippen LogP contribution in [0.25, 0.3) is 0 Å². The third kappa shape index (κ3) is 51.5. The van der Waals surface area contributed by atoms with Crippen molar-refractivity contribution in [3.05, 3.63) is 72.9 Å². The van der Waals surface area contributed by atoms with Crippen molar-refractivity contribution in [1.29, 1.82) is 0 Å². The Balaban J connectivity index is 1.29. The number of allylic oxidation sites excluding steroid dienone is 12. The van der Waals surface area contributed by atoms with Gasteiger partial charge >= 0.3 is 0 Å². The van der Waals surface area contributed by atoms with Crippen LogP contribution in [0.5, 0.6) is 0 Å². The molecule has 3 aliphatic rings. The first-order chi connectivity index (χ1) is 55.3. The van der Waals surface area contributed by atoms with Crippen molar-refractivity contribution in [2.24, 2.45) is 0 Å². The zero-order valence-electron chi connectivity index (χ0n) is 71.4. The van der Waals surface area contributed by atoms with Gasteiger partial charge < -0.3 is 89.9 Å². The molecule has 660 valence electrons. The van der Waals surface area contributed by atoms with Crippen molar-refractivity contribution >= 4 is 5.91 Å². The minimum Gasteiger partial charge on any atom is -0.394 e.